The number of hydrogen-bond donors (Lipinski definition) is 1. The lowest BCUT2D eigenvalue weighted by Crippen LogP contribution is -2.21. The highest BCUT2D eigenvalue weighted by atomic mass is 79.9. The summed E-state index contributed by atoms with van der Waals surface area (Å²) in [5.41, 5.74) is 8.39. The molecule has 1 aromatic carbocycles. The molecule has 2 N–H and O–H groups in total. The molecule has 0 bridgehead atoms. The third kappa shape index (κ3) is 3.02. The fourth-order valence-electron chi connectivity index (χ4n) is 2.70. The van der Waals surface area contributed by atoms with Crippen LogP contribution in [0.3, 0.4) is 0 Å². The van der Waals surface area contributed by atoms with Gasteiger partial charge in [-0.1, -0.05) is 35.3 Å². The van der Waals surface area contributed by atoms with E-state index in [4.69, 9.17) is 5.73 Å². The maximum absolute atomic E-state index is 5.82. The molecule has 1 heterocycles. The van der Waals surface area contributed by atoms with E-state index in [9.17, 15) is 0 Å². The van der Waals surface area contributed by atoms with Crippen molar-refractivity contribution in [1.82, 2.24) is 0 Å². The van der Waals surface area contributed by atoms with Crippen LogP contribution >= 0.6 is 15.9 Å². The summed E-state index contributed by atoms with van der Waals surface area (Å²) in [4.78, 5) is 2.49. The summed E-state index contributed by atoms with van der Waals surface area (Å²) in [5, 5.41) is 0. The topological polar surface area (TPSA) is 29.3 Å². The molecule has 1 fully saturated rings. The molecule has 0 saturated carbocycles. The molecule has 1 aliphatic rings. The van der Waals surface area contributed by atoms with Gasteiger partial charge in [-0.2, -0.15) is 0 Å². The van der Waals surface area contributed by atoms with E-state index in [-0.39, 0.29) is 0 Å². The van der Waals surface area contributed by atoms with Crippen LogP contribution < -0.4 is 10.6 Å². The minimum atomic E-state index is 0.623. The van der Waals surface area contributed by atoms with Gasteiger partial charge in [-0.05, 0) is 36.5 Å². The second-order valence-electron chi connectivity index (χ2n) is 4.87. The third-order valence-electron chi connectivity index (χ3n) is 3.59. The van der Waals surface area contributed by atoms with Gasteiger partial charge in [0.1, 0.15) is 0 Å². The maximum Gasteiger partial charge on any atom is 0.0423 e. The molecule has 0 aliphatic carbocycles. The second-order valence-corrected chi connectivity index (χ2v) is 5.78. The van der Waals surface area contributed by atoms with Crippen LogP contribution in [0.25, 0.3) is 0 Å². The number of nitrogens with two attached hydrogens (primary N) is 1. The zero-order valence-corrected chi connectivity index (χ0v) is 12.0. The van der Waals surface area contributed by atoms with Gasteiger partial charge >= 0.3 is 0 Å². The Morgan fingerprint density at radius 1 is 1.47 bits per heavy atom. The van der Waals surface area contributed by atoms with Crippen molar-refractivity contribution in [2.45, 2.75) is 32.7 Å². The minimum Gasteiger partial charge on any atom is -0.371 e. The highest BCUT2D eigenvalue weighted by molar-refractivity contribution is 9.10. The predicted molar refractivity (Wildman–Crippen MR) is 77.3 cm³/mol. The zero-order chi connectivity index (χ0) is 12.3. The van der Waals surface area contributed by atoms with Gasteiger partial charge in [0.05, 0.1) is 0 Å². The fraction of sp³-hybridized carbons (Fsp3) is 0.571. The Balaban J connectivity index is 2.14. The Bertz CT molecular complexity index is 378. The van der Waals surface area contributed by atoms with Crippen molar-refractivity contribution in [1.29, 1.82) is 0 Å². The molecule has 17 heavy (non-hydrogen) atoms. The average molecular weight is 297 g/mol. The van der Waals surface area contributed by atoms with Crippen molar-refractivity contribution in [3.05, 3.63) is 28.2 Å². The van der Waals surface area contributed by atoms with E-state index in [2.05, 4.69) is 46.0 Å². The highest BCUT2D eigenvalue weighted by Gasteiger charge is 2.23. The first-order chi connectivity index (χ1) is 8.24. The monoisotopic (exact) mass is 296 g/mol. The van der Waals surface area contributed by atoms with Crippen molar-refractivity contribution in [3.63, 3.8) is 0 Å². The number of halogens is 1. The normalized spacial score (nSPS) is 19.9. The number of rotatable bonds is 4. The minimum absolute atomic E-state index is 0.623. The van der Waals surface area contributed by atoms with Gasteiger partial charge < -0.3 is 10.6 Å². The molecule has 1 aliphatic heterocycles. The molecular weight excluding hydrogens is 276 g/mol. The van der Waals surface area contributed by atoms with Crippen molar-refractivity contribution in [2.75, 3.05) is 18.0 Å². The van der Waals surface area contributed by atoms with Crippen LogP contribution in [0.1, 0.15) is 31.7 Å². The van der Waals surface area contributed by atoms with Crippen LogP contribution in [0.4, 0.5) is 5.69 Å². The van der Waals surface area contributed by atoms with E-state index in [0.29, 0.717) is 6.54 Å². The lowest BCUT2D eigenvalue weighted by atomic mass is 10.0. The average Bonchev–Trinajstić information content (AvgIpc) is 2.78. The molecule has 1 aromatic rings. The van der Waals surface area contributed by atoms with Crippen LogP contribution in [0.5, 0.6) is 0 Å². The molecule has 0 aromatic heterocycles. The first-order valence-corrected chi connectivity index (χ1v) is 7.27. The van der Waals surface area contributed by atoms with Gasteiger partial charge in [-0.3, -0.25) is 0 Å². The molecule has 0 spiro atoms. The van der Waals surface area contributed by atoms with Crippen LogP contribution in [0, 0.1) is 5.92 Å². The van der Waals surface area contributed by atoms with E-state index in [1.54, 1.807) is 0 Å². The van der Waals surface area contributed by atoms with Gasteiger partial charge in [0.2, 0.25) is 0 Å². The quantitative estimate of drug-likeness (QED) is 0.921. The third-order valence-corrected chi connectivity index (χ3v) is 4.08. The second kappa shape index (κ2) is 5.87. The summed E-state index contributed by atoms with van der Waals surface area (Å²) in [6, 6.07) is 6.41. The van der Waals surface area contributed by atoms with E-state index in [1.807, 2.05) is 0 Å². The van der Waals surface area contributed by atoms with Crippen LogP contribution in [-0.2, 0) is 6.54 Å². The van der Waals surface area contributed by atoms with Gasteiger partial charge in [-0.15, -0.1) is 0 Å². The smallest absolute Gasteiger partial charge is 0.0423 e. The number of benzene rings is 1. The molecule has 0 amide bonds. The number of nitrogens with zero attached hydrogens (tertiary/aromatic N) is 1. The molecular formula is C14H21BrN2. The van der Waals surface area contributed by atoms with E-state index in [1.165, 1.54) is 43.6 Å². The van der Waals surface area contributed by atoms with E-state index >= 15 is 0 Å². The predicted octanol–water partition coefficient (Wildman–Crippen LogP) is 3.53. The molecule has 3 heteroatoms. The van der Waals surface area contributed by atoms with Crippen LogP contribution in [-0.4, -0.2) is 13.1 Å². The standard InChI is InChI=1S/C14H21BrN2/c1-2-3-11-6-7-17(10-11)14-8-13(15)5-4-12(14)9-16/h4-5,8,11H,2-3,6-7,9-10,16H2,1H3. The Labute approximate surface area is 112 Å². The Hall–Kier alpha value is -0.540. The van der Waals surface area contributed by atoms with E-state index < -0.39 is 0 Å². The highest BCUT2D eigenvalue weighted by Crippen LogP contribution is 2.31. The summed E-state index contributed by atoms with van der Waals surface area (Å²) in [7, 11) is 0. The SMILES string of the molecule is CCCC1CCN(c2cc(Br)ccc2CN)C1. The number of hydrogen-bond acceptors (Lipinski definition) is 2. The molecule has 1 atom stereocenters. The van der Waals surface area contributed by atoms with Crippen molar-refractivity contribution in [3.8, 4) is 0 Å². The summed E-state index contributed by atoms with van der Waals surface area (Å²) >= 11 is 3.55. The maximum atomic E-state index is 5.82. The molecule has 2 rings (SSSR count). The first kappa shape index (κ1) is 12.9. The molecule has 1 unspecified atom stereocenters. The first-order valence-electron chi connectivity index (χ1n) is 6.48. The van der Waals surface area contributed by atoms with Crippen LogP contribution in [0.2, 0.25) is 0 Å². The summed E-state index contributed by atoms with van der Waals surface area (Å²) in [5.74, 6) is 0.865. The van der Waals surface area contributed by atoms with Crippen LogP contribution in [0.15, 0.2) is 22.7 Å². The van der Waals surface area contributed by atoms with Gasteiger partial charge in [0.15, 0.2) is 0 Å². The molecule has 94 valence electrons. The number of anilines is 1. The van der Waals surface area contributed by atoms with Gasteiger partial charge in [0.25, 0.3) is 0 Å². The largest absolute Gasteiger partial charge is 0.371 e. The molecule has 0 radical (unpaired) electrons. The molecule has 1 saturated heterocycles. The summed E-state index contributed by atoms with van der Waals surface area (Å²) in [6.45, 7) is 5.26. The zero-order valence-electron chi connectivity index (χ0n) is 10.5. The Morgan fingerprint density at radius 3 is 3.00 bits per heavy atom. The van der Waals surface area contributed by atoms with Gasteiger partial charge in [-0.25, -0.2) is 0 Å². The Kier molecular flexibility index (Phi) is 4.46. The van der Waals surface area contributed by atoms with Gasteiger partial charge in [0, 0.05) is 29.8 Å². The lowest BCUT2D eigenvalue weighted by molar-refractivity contribution is 0.529. The summed E-state index contributed by atoms with van der Waals surface area (Å²) < 4.78 is 1.14. The lowest BCUT2D eigenvalue weighted by Gasteiger charge is -2.22. The van der Waals surface area contributed by atoms with Crippen molar-refractivity contribution >= 4 is 21.6 Å². The Morgan fingerprint density at radius 2 is 2.29 bits per heavy atom. The summed E-state index contributed by atoms with van der Waals surface area (Å²) in [6.07, 6.45) is 3.97. The van der Waals surface area contributed by atoms with Crippen molar-refractivity contribution in [2.24, 2.45) is 11.7 Å². The van der Waals surface area contributed by atoms with Crippen molar-refractivity contribution < 1.29 is 0 Å². The fourth-order valence-corrected chi connectivity index (χ4v) is 3.05. The van der Waals surface area contributed by atoms with E-state index in [0.717, 1.165) is 10.4 Å². The molecule has 2 nitrogen and oxygen atoms in total.